The van der Waals surface area contributed by atoms with Gasteiger partial charge in [-0.1, -0.05) is 6.07 Å². The number of carbonyl (C=O) groups excluding carboxylic acids is 1. The molecule has 6 nitrogen and oxygen atoms in total. The fraction of sp³-hybridized carbons (Fsp3) is 0.400. The largest absolute Gasteiger partial charge is 0.395 e. The predicted molar refractivity (Wildman–Crippen MR) is 59.0 cm³/mol. The molecule has 1 aromatic heterocycles. The summed E-state index contributed by atoms with van der Waals surface area (Å²) in [5, 5.41) is 20.1. The second kappa shape index (κ2) is 6.76. The fourth-order valence-corrected chi connectivity index (χ4v) is 1.18. The summed E-state index contributed by atoms with van der Waals surface area (Å²) < 4.78 is 0. The highest BCUT2D eigenvalue weighted by Crippen LogP contribution is 2.02. The number of nitrogens with zero attached hydrogens (tertiary/aromatic N) is 2. The number of hydrogen-bond donors (Lipinski definition) is 3. The Morgan fingerprint density at radius 3 is 2.50 bits per heavy atom. The van der Waals surface area contributed by atoms with Crippen molar-refractivity contribution in [1.29, 1.82) is 0 Å². The number of carbonyl (C=O) groups is 1. The number of aromatic nitrogens is 1. The van der Waals surface area contributed by atoms with Crippen molar-refractivity contribution in [2.45, 2.75) is 0 Å². The van der Waals surface area contributed by atoms with Crippen molar-refractivity contribution >= 4 is 11.8 Å². The Labute approximate surface area is 93.5 Å². The first-order valence-electron chi connectivity index (χ1n) is 4.96. The van der Waals surface area contributed by atoms with Crippen molar-refractivity contribution < 1.29 is 15.0 Å². The quantitative estimate of drug-likeness (QED) is 0.653. The zero-order chi connectivity index (χ0) is 11.8. The molecule has 3 N–H and O–H groups in total. The third kappa shape index (κ3) is 3.84. The highest BCUT2D eigenvalue weighted by molar-refractivity contribution is 5.88. The van der Waals surface area contributed by atoms with Crippen LogP contribution in [0.2, 0.25) is 0 Å². The van der Waals surface area contributed by atoms with E-state index in [1.165, 1.54) is 4.90 Å². The zero-order valence-corrected chi connectivity index (χ0v) is 8.83. The van der Waals surface area contributed by atoms with Crippen LogP contribution in [-0.4, -0.2) is 52.4 Å². The van der Waals surface area contributed by atoms with Crippen LogP contribution in [0.15, 0.2) is 24.4 Å². The number of rotatable bonds is 5. The van der Waals surface area contributed by atoms with Gasteiger partial charge < -0.3 is 15.1 Å². The van der Waals surface area contributed by atoms with Gasteiger partial charge in [0.2, 0.25) is 0 Å². The molecule has 1 aromatic rings. The summed E-state index contributed by atoms with van der Waals surface area (Å²) in [6, 6.07) is 4.77. The molecule has 0 spiro atoms. The first-order chi connectivity index (χ1) is 7.77. The van der Waals surface area contributed by atoms with Crippen LogP contribution in [0.1, 0.15) is 0 Å². The number of amides is 2. The van der Waals surface area contributed by atoms with Crippen LogP contribution in [0.25, 0.3) is 0 Å². The van der Waals surface area contributed by atoms with Gasteiger partial charge in [-0.05, 0) is 12.1 Å². The van der Waals surface area contributed by atoms with E-state index in [0.29, 0.717) is 5.82 Å². The molecule has 16 heavy (non-hydrogen) atoms. The molecule has 88 valence electrons. The molecular weight excluding hydrogens is 210 g/mol. The number of aliphatic hydroxyl groups excluding tert-OH is 2. The van der Waals surface area contributed by atoms with Gasteiger partial charge in [-0.3, -0.25) is 5.32 Å². The number of nitrogens with one attached hydrogen (secondary N) is 1. The average Bonchev–Trinajstić information content (AvgIpc) is 2.30. The summed E-state index contributed by atoms with van der Waals surface area (Å²) in [7, 11) is 0. The van der Waals surface area contributed by atoms with Gasteiger partial charge in [0.05, 0.1) is 13.2 Å². The molecule has 0 aliphatic heterocycles. The SMILES string of the molecule is O=C(Nc1ccccn1)N(CCO)CCO. The van der Waals surface area contributed by atoms with Crippen LogP contribution >= 0.6 is 0 Å². The number of hydrogen-bond acceptors (Lipinski definition) is 4. The lowest BCUT2D eigenvalue weighted by Crippen LogP contribution is -2.39. The number of urea groups is 1. The topological polar surface area (TPSA) is 85.7 Å². The van der Waals surface area contributed by atoms with Crippen molar-refractivity contribution in [2.75, 3.05) is 31.6 Å². The standard InChI is InChI=1S/C10H15N3O3/c14-7-5-13(6-8-15)10(16)12-9-3-1-2-4-11-9/h1-4,14-15H,5-8H2,(H,11,12,16). The Bertz CT molecular complexity index is 312. The molecule has 0 unspecified atom stereocenters. The Morgan fingerprint density at radius 2 is 2.00 bits per heavy atom. The number of aliphatic hydroxyl groups is 2. The minimum absolute atomic E-state index is 0.143. The minimum atomic E-state index is -0.387. The second-order valence-electron chi connectivity index (χ2n) is 3.08. The molecular formula is C10H15N3O3. The summed E-state index contributed by atoms with van der Waals surface area (Å²) in [5.41, 5.74) is 0. The molecule has 6 heteroatoms. The molecule has 2 amide bonds. The zero-order valence-electron chi connectivity index (χ0n) is 8.83. The van der Waals surface area contributed by atoms with Gasteiger partial charge in [0, 0.05) is 19.3 Å². The maximum Gasteiger partial charge on any atom is 0.323 e. The molecule has 1 rings (SSSR count). The van der Waals surface area contributed by atoms with Gasteiger partial charge in [0.25, 0.3) is 0 Å². The van der Waals surface area contributed by atoms with E-state index in [2.05, 4.69) is 10.3 Å². The third-order valence-corrected chi connectivity index (χ3v) is 1.93. The lowest BCUT2D eigenvalue weighted by molar-refractivity contribution is 0.167. The molecule has 0 radical (unpaired) electrons. The van der Waals surface area contributed by atoms with Crippen molar-refractivity contribution in [2.24, 2.45) is 0 Å². The number of anilines is 1. The summed E-state index contributed by atoms with van der Waals surface area (Å²) in [6.45, 7) is 0.0731. The molecule has 1 heterocycles. The normalized spacial score (nSPS) is 9.88. The molecule has 0 atom stereocenters. The molecule has 0 aliphatic rings. The van der Waals surface area contributed by atoms with Crippen LogP contribution in [-0.2, 0) is 0 Å². The van der Waals surface area contributed by atoms with Crippen LogP contribution < -0.4 is 5.32 Å². The van der Waals surface area contributed by atoms with Gasteiger partial charge in [-0.15, -0.1) is 0 Å². The van der Waals surface area contributed by atoms with Crippen LogP contribution in [0.3, 0.4) is 0 Å². The van der Waals surface area contributed by atoms with Gasteiger partial charge in [-0.25, -0.2) is 9.78 Å². The molecule has 0 aromatic carbocycles. The van der Waals surface area contributed by atoms with Crippen molar-refractivity contribution in [3.05, 3.63) is 24.4 Å². The smallest absolute Gasteiger partial charge is 0.323 e. The lowest BCUT2D eigenvalue weighted by Gasteiger charge is -2.20. The van der Waals surface area contributed by atoms with Crippen LogP contribution in [0.4, 0.5) is 10.6 Å². The van der Waals surface area contributed by atoms with Crippen LogP contribution in [0, 0.1) is 0 Å². The van der Waals surface area contributed by atoms with E-state index in [4.69, 9.17) is 10.2 Å². The Kier molecular flexibility index (Phi) is 5.24. The Hall–Kier alpha value is -1.66. The molecule has 0 fully saturated rings. The number of pyridine rings is 1. The Morgan fingerprint density at radius 1 is 1.31 bits per heavy atom. The van der Waals surface area contributed by atoms with Gasteiger partial charge >= 0.3 is 6.03 Å². The first-order valence-corrected chi connectivity index (χ1v) is 4.96. The van der Waals surface area contributed by atoms with E-state index in [0.717, 1.165) is 0 Å². The average molecular weight is 225 g/mol. The summed E-state index contributed by atoms with van der Waals surface area (Å²) in [5.74, 6) is 0.438. The maximum absolute atomic E-state index is 11.6. The van der Waals surface area contributed by atoms with E-state index in [9.17, 15) is 4.79 Å². The highest BCUT2D eigenvalue weighted by atomic mass is 16.3. The minimum Gasteiger partial charge on any atom is -0.395 e. The molecule has 0 aliphatic carbocycles. The van der Waals surface area contributed by atoms with E-state index in [1.54, 1.807) is 24.4 Å². The highest BCUT2D eigenvalue weighted by Gasteiger charge is 2.12. The fourth-order valence-electron chi connectivity index (χ4n) is 1.18. The summed E-state index contributed by atoms with van der Waals surface area (Å²) in [4.78, 5) is 16.9. The lowest BCUT2D eigenvalue weighted by atomic mass is 10.4. The predicted octanol–water partition coefficient (Wildman–Crippen LogP) is -0.0999. The van der Waals surface area contributed by atoms with Gasteiger partial charge in [-0.2, -0.15) is 0 Å². The molecule has 0 saturated heterocycles. The second-order valence-corrected chi connectivity index (χ2v) is 3.08. The maximum atomic E-state index is 11.6. The molecule has 0 bridgehead atoms. The summed E-state index contributed by atoms with van der Waals surface area (Å²) in [6.07, 6.45) is 1.57. The van der Waals surface area contributed by atoms with E-state index < -0.39 is 0 Å². The first kappa shape index (κ1) is 12.4. The third-order valence-electron chi connectivity index (χ3n) is 1.93. The monoisotopic (exact) mass is 225 g/mol. The van der Waals surface area contributed by atoms with E-state index in [1.807, 2.05) is 0 Å². The van der Waals surface area contributed by atoms with Crippen molar-refractivity contribution in [1.82, 2.24) is 9.88 Å². The van der Waals surface area contributed by atoms with E-state index in [-0.39, 0.29) is 32.3 Å². The van der Waals surface area contributed by atoms with Gasteiger partial charge in [0.15, 0.2) is 0 Å². The Balaban J connectivity index is 2.55. The van der Waals surface area contributed by atoms with Crippen molar-refractivity contribution in [3.8, 4) is 0 Å². The van der Waals surface area contributed by atoms with Gasteiger partial charge in [0.1, 0.15) is 5.82 Å². The van der Waals surface area contributed by atoms with Crippen LogP contribution in [0.5, 0.6) is 0 Å². The molecule has 0 saturated carbocycles. The van der Waals surface area contributed by atoms with Crippen molar-refractivity contribution in [3.63, 3.8) is 0 Å². The van der Waals surface area contributed by atoms with E-state index >= 15 is 0 Å². The summed E-state index contributed by atoms with van der Waals surface area (Å²) >= 11 is 0.